The van der Waals surface area contributed by atoms with E-state index >= 15 is 0 Å². The van der Waals surface area contributed by atoms with Gasteiger partial charge >= 0.3 is 17.9 Å². The van der Waals surface area contributed by atoms with Gasteiger partial charge in [0, 0.05) is 19.3 Å². The molecule has 1 unspecified atom stereocenters. The second kappa shape index (κ2) is 68.6. The molecule has 0 bridgehead atoms. The molecular weight excluding hydrogens is 997 g/mol. The highest BCUT2D eigenvalue weighted by molar-refractivity contribution is 5.71. The summed E-state index contributed by atoms with van der Waals surface area (Å²) in [6.45, 7) is 6.42. The van der Waals surface area contributed by atoms with Crippen molar-refractivity contribution in [2.45, 2.75) is 335 Å². The van der Waals surface area contributed by atoms with Crippen molar-refractivity contribution in [1.29, 1.82) is 0 Å². The molecule has 0 heterocycles. The van der Waals surface area contributed by atoms with Crippen molar-refractivity contribution in [3.05, 3.63) is 109 Å². The van der Waals surface area contributed by atoms with Crippen LogP contribution in [0.2, 0.25) is 0 Å². The normalized spacial score (nSPS) is 12.8. The Kier molecular flexibility index (Phi) is 65.2. The van der Waals surface area contributed by atoms with E-state index in [2.05, 4.69) is 130 Å². The van der Waals surface area contributed by atoms with Crippen LogP contribution in [0.15, 0.2) is 109 Å². The monoisotopic (exact) mass is 1120 g/mol. The molecule has 0 rings (SSSR count). The van der Waals surface area contributed by atoms with Crippen molar-refractivity contribution in [3.63, 3.8) is 0 Å². The maximum atomic E-state index is 12.9. The second-order valence-corrected chi connectivity index (χ2v) is 22.7. The first-order valence-electron chi connectivity index (χ1n) is 34.4. The van der Waals surface area contributed by atoms with Crippen molar-refractivity contribution in [2.75, 3.05) is 13.2 Å². The number of ether oxygens (including phenoxy) is 3. The highest BCUT2D eigenvalue weighted by Gasteiger charge is 2.19. The van der Waals surface area contributed by atoms with Crippen LogP contribution in [0.3, 0.4) is 0 Å². The van der Waals surface area contributed by atoms with Gasteiger partial charge < -0.3 is 14.2 Å². The summed E-state index contributed by atoms with van der Waals surface area (Å²) >= 11 is 0. The summed E-state index contributed by atoms with van der Waals surface area (Å²) in [4.78, 5) is 38.3. The van der Waals surface area contributed by atoms with Gasteiger partial charge in [-0.15, -0.1) is 0 Å². The molecule has 0 spiro atoms. The number of carbonyl (C=O) groups excluding carboxylic acids is 3. The standard InChI is InChI=1S/C75H128O6/c1-4-7-10-13-16-19-21-23-25-27-29-31-33-34-35-36-37-38-39-40-42-43-45-47-49-51-53-56-59-62-65-68-74(77)80-71-72(70-79-73(76)67-64-61-58-55-18-15-12-9-6-3)81-75(78)69-66-63-60-57-54-52-50-48-46-44-41-32-30-28-26-24-22-20-17-14-11-8-5-2/h7-8,10-11,16-17,19-20,23-26,29-32,44,46,72H,4-6,9,12-15,18,21-22,27-28,33-43,45,47-71H2,1-3H3/b10-7-,11-8-,19-16-,20-17-,25-23-,26-24-,31-29-,32-30-,46-44-. The fourth-order valence-electron chi connectivity index (χ4n) is 9.70. The molecule has 0 aromatic rings. The first-order valence-corrected chi connectivity index (χ1v) is 34.4. The maximum Gasteiger partial charge on any atom is 0.306 e. The summed E-state index contributed by atoms with van der Waals surface area (Å²) in [5.74, 6) is -0.880. The van der Waals surface area contributed by atoms with Gasteiger partial charge in [-0.3, -0.25) is 14.4 Å². The average molecular weight is 1130 g/mol. The Hall–Kier alpha value is -3.93. The van der Waals surface area contributed by atoms with Crippen LogP contribution in [-0.2, 0) is 28.6 Å². The van der Waals surface area contributed by atoms with Crippen LogP contribution in [0.1, 0.15) is 329 Å². The van der Waals surface area contributed by atoms with Crippen LogP contribution in [0.5, 0.6) is 0 Å². The zero-order valence-corrected chi connectivity index (χ0v) is 53.3. The molecule has 81 heavy (non-hydrogen) atoms. The fraction of sp³-hybridized carbons (Fsp3) is 0.720. The van der Waals surface area contributed by atoms with E-state index in [-0.39, 0.29) is 31.1 Å². The van der Waals surface area contributed by atoms with E-state index in [1.807, 2.05) is 0 Å². The summed E-state index contributed by atoms with van der Waals surface area (Å²) in [5, 5.41) is 0. The Morgan fingerprint density at radius 1 is 0.259 bits per heavy atom. The van der Waals surface area contributed by atoms with E-state index in [0.717, 1.165) is 122 Å². The highest BCUT2D eigenvalue weighted by Crippen LogP contribution is 2.17. The van der Waals surface area contributed by atoms with Crippen molar-refractivity contribution in [3.8, 4) is 0 Å². The maximum absolute atomic E-state index is 12.9. The molecule has 0 aromatic heterocycles. The van der Waals surface area contributed by atoms with Crippen molar-refractivity contribution in [2.24, 2.45) is 0 Å². The number of hydrogen-bond acceptors (Lipinski definition) is 6. The van der Waals surface area contributed by atoms with Gasteiger partial charge in [-0.1, -0.05) is 316 Å². The fourth-order valence-corrected chi connectivity index (χ4v) is 9.70. The Morgan fingerprint density at radius 3 is 0.753 bits per heavy atom. The predicted molar refractivity (Wildman–Crippen MR) is 353 cm³/mol. The number of hydrogen-bond donors (Lipinski definition) is 0. The minimum absolute atomic E-state index is 0.0792. The molecule has 0 aromatic carbocycles. The molecule has 0 fully saturated rings. The lowest BCUT2D eigenvalue weighted by Crippen LogP contribution is -2.30. The lowest BCUT2D eigenvalue weighted by molar-refractivity contribution is -0.167. The Bertz CT molecular complexity index is 1620. The number of allylic oxidation sites excluding steroid dienone is 18. The highest BCUT2D eigenvalue weighted by atomic mass is 16.6. The van der Waals surface area contributed by atoms with Gasteiger partial charge in [0.15, 0.2) is 6.10 Å². The third-order valence-electron chi connectivity index (χ3n) is 14.8. The molecule has 6 nitrogen and oxygen atoms in total. The van der Waals surface area contributed by atoms with Crippen molar-refractivity contribution < 1.29 is 28.6 Å². The van der Waals surface area contributed by atoms with Gasteiger partial charge in [0.05, 0.1) is 0 Å². The van der Waals surface area contributed by atoms with E-state index in [0.29, 0.717) is 19.3 Å². The summed E-state index contributed by atoms with van der Waals surface area (Å²) in [7, 11) is 0. The summed E-state index contributed by atoms with van der Waals surface area (Å²) in [6, 6.07) is 0. The van der Waals surface area contributed by atoms with Gasteiger partial charge in [0.1, 0.15) is 13.2 Å². The topological polar surface area (TPSA) is 78.9 Å². The molecule has 0 aliphatic heterocycles. The molecule has 1 atom stereocenters. The number of esters is 3. The van der Waals surface area contributed by atoms with Gasteiger partial charge in [-0.2, -0.15) is 0 Å². The molecule has 6 heteroatoms. The van der Waals surface area contributed by atoms with Crippen LogP contribution in [-0.4, -0.2) is 37.2 Å². The Labute approximate surface area is 501 Å². The van der Waals surface area contributed by atoms with Gasteiger partial charge in [-0.25, -0.2) is 0 Å². The minimum Gasteiger partial charge on any atom is -0.462 e. The molecule has 0 saturated heterocycles. The Morgan fingerprint density at radius 2 is 0.481 bits per heavy atom. The van der Waals surface area contributed by atoms with E-state index in [9.17, 15) is 14.4 Å². The second-order valence-electron chi connectivity index (χ2n) is 22.7. The summed E-state index contributed by atoms with van der Waals surface area (Å²) in [6.07, 6.45) is 94.1. The third kappa shape index (κ3) is 66.8. The first-order chi connectivity index (χ1) is 40.0. The quantitative estimate of drug-likeness (QED) is 0.0261. The zero-order valence-electron chi connectivity index (χ0n) is 53.3. The summed E-state index contributed by atoms with van der Waals surface area (Å²) < 4.78 is 16.9. The van der Waals surface area contributed by atoms with Crippen molar-refractivity contribution in [1.82, 2.24) is 0 Å². The van der Waals surface area contributed by atoms with Gasteiger partial charge in [0.25, 0.3) is 0 Å². The van der Waals surface area contributed by atoms with Crippen LogP contribution in [0.4, 0.5) is 0 Å². The lowest BCUT2D eigenvalue weighted by atomic mass is 10.0. The molecule has 464 valence electrons. The van der Waals surface area contributed by atoms with E-state index in [4.69, 9.17) is 14.2 Å². The van der Waals surface area contributed by atoms with Gasteiger partial charge in [-0.05, 0) is 103 Å². The number of rotatable bonds is 62. The lowest BCUT2D eigenvalue weighted by Gasteiger charge is -2.18. The zero-order chi connectivity index (χ0) is 58.5. The van der Waals surface area contributed by atoms with Gasteiger partial charge in [0.2, 0.25) is 0 Å². The molecule has 0 radical (unpaired) electrons. The van der Waals surface area contributed by atoms with E-state index in [1.165, 1.54) is 167 Å². The van der Waals surface area contributed by atoms with E-state index in [1.54, 1.807) is 0 Å². The third-order valence-corrected chi connectivity index (χ3v) is 14.8. The van der Waals surface area contributed by atoms with Crippen molar-refractivity contribution >= 4 is 17.9 Å². The molecule has 0 amide bonds. The minimum atomic E-state index is -0.783. The Balaban J connectivity index is 4.15. The number of carbonyl (C=O) groups is 3. The van der Waals surface area contributed by atoms with Crippen LogP contribution in [0, 0.1) is 0 Å². The molecule has 0 aliphatic carbocycles. The molecule has 0 N–H and O–H groups in total. The van der Waals surface area contributed by atoms with E-state index < -0.39 is 6.10 Å². The molecule has 0 aliphatic rings. The summed E-state index contributed by atoms with van der Waals surface area (Å²) in [5.41, 5.74) is 0. The number of unbranched alkanes of at least 4 members (excludes halogenated alkanes) is 33. The largest absolute Gasteiger partial charge is 0.462 e. The molecule has 0 saturated carbocycles. The van der Waals surface area contributed by atoms with Crippen LogP contribution < -0.4 is 0 Å². The van der Waals surface area contributed by atoms with Crippen LogP contribution >= 0.6 is 0 Å². The first kappa shape index (κ1) is 77.1. The van der Waals surface area contributed by atoms with Crippen LogP contribution in [0.25, 0.3) is 0 Å². The SMILES string of the molecule is CC/C=C\C/C=C\C/C=C\C/C=C\C/C=C\CCCCCCCCCC(=O)OC(COC(=O)CCCCCCCCCCC)COC(=O)CCCCCCCCCCCCCCCCCCCC/C=C\C/C=C\C/C=C\C/C=C\CC. The smallest absolute Gasteiger partial charge is 0.306 e. The average Bonchev–Trinajstić information content (AvgIpc) is 3.47. The molecular formula is C75H128O6. The predicted octanol–water partition coefficient (Wildman–Crippen LogP) is 23.8.